The molecule has 0 bridgehead atoms. The van der Waals surface area contributed by atoms with Crippen LogP contribution in [-0.2, 0) is 11.2 Å². The molecule has 2 aromatic rings. The quantitative estimate of drug-likeness (QED) is 0.633. The van der Waals surface area contributed by atoms with Crippen LogP contribution in [0.25, 0.3) is 11.1 Å². The van der Waals surface area contributed by atoms with E-state index in [2.05, 4.69) is 14.7 Å². The Morgan fingerprint density at radius 1 is 1.23 bits per heavy atom. The summed E-state index contributed by atoms with van der Waals surface area (Å²) in [6.07, 6.45) is 1.72. The molecule has 1 atom stereocenters. The first kappa shape index (κ1) is 15.9. The first-order valence-corrected chi connectivity index (χ1v) is 6.29. The predicted molar refractivity (Wildman–Crippen MR) is 73.9 cm³/mol. The van der Waals surface area contributed by atoms with Crippen LogP contribution in [0.15, 0.2) is 30.9 Å². The molecule has 1 aromatic carbocycles. The molecule has 0 saturated carbocycles. The lowest BCUT2D eigenvalue weighted by molar-refractivity contribution is -0.0192. The molecule has 1 aromatic heterocycles. The van der Waals surface area contributed by atoms with Crippen molar-refractivity contribution < 1.29 is 17.9 Å². The minimum Gasteiger partial charge on any atom is -0.386 e. The van der Waals surface area contributed by atoms with E-state index in [1.165, 1.54) is 24.8 Å². The predicted octanol–water partition coefficient (Wildman–Crippen LogP) is 2.21. The number of nitrogens with one attached hydrogen (secondary N) is 1. The molecule has 0 fully saturated rings. The van der Waals surface area contributed by atoms with Crippen molar-refractivity contribution in [2.45, 2.75) is 12.8 Å². The van der Waals surface area contributed by atoms with E-state index in [4.69, 9.17) is 11.1 Å². The summed E-state index contributed by atoms with van der Waals surface area (Å²) in [4.78, 5) is 7.51. The van der Waals surface area contributed by atoms with Gasteiger partial charge in [-0.25, -0.2) is 23.1 Å². The molecule has 0 spiro atoms. The molecule has 0 saturated heterocycles. The maximum atomic E-state index is 13.8. The molecule has 22 heavy (non-hydrogen) atoms. The Morgan fingerprint density at radius 2 is 1.91 bits per heavy atom. The molecule has 0 aliphatic carbocycles. The van der Waals surface area contributed by atoms with E-state index in [1.54, 1.807) is 0 Å². The van der Waals surface area contributed by atoms with Gasteiger partial charge < -0.3 is 10.5 Å². The number of nitrogens with two attached hydrogens (primary N) is 1. The highest BCUT2D eigenvalue weighted by Gasteiger charge is 2.16. The Morgan fingerprint density at radius 3 is 2.55 bits per heavy atom. The van der Waals surface area contributed by atoms with Crippen molar-refractivity contribution in [3.05, 3.63) is 48.1 Å². The van der Waals surface area contributed by atoms with E-state index in [9.17, 15) is 13.2 Å². The number of amidine groups is 1. The Bertz CT molecular complexity index is 667. The van der Waals surface area contributed by atoms with Gasteiger partial charge in [-0.05, 0) is 11.6 Å². The monoisotopic (exact) mass is 310 g/mol. The highest BCUT2D eigenvalue weighted by Crippen LogP contribution is 2.25. The van der Waals surface area contributed by atoms with Crippen molar-refractivity contribution in [2.75, 3.05) is 6.61 Å². The molecular weight excluding hydrogens is 297 g/mol. The lowest BCUT2D eigenvalue weighted by Gasteiger charge is -2.12. The third-order valence-corrected chi connectivity index (χ3v) is 2.81. The Kier molecular flexibility index (Phi) is 5.05. The molecule has 8 heteroatoms. The second kappa shape index (κ2) is 6.99. The maximum absolute atomic E-state index is 13.8. The van der Waals surface area contributed by atoms with Gasteiger partial charge in [-0.15, -0.1) is 0 Å². The zero-order valence-electron chi connectivity index (χ0n) is 11.4. The van der Waals surface area contributed by atoms with Crippen molar-refractivity contribution in [3.63, 3.8) is 0 Å². The number of ether oxygens (including phenoxy) is 1. The van der Waals surface area contributed by atoms with Gasteiger partial charge in [-0.3, -0.25) is 5.41 Å². The van der Waals surface area contributed by atoms with Gasteiger partial charge in [0.25, 0.3) is 0 Å². The normalized spacial score (nSPS) is 12.1. The van der Waals surface area contributed by atoms with E-state index in [0.717, 1.165) is 0 Å². The van der Waals surface area contributed by atoms with Gasteiger partial charge in [0.05, 0.1) is 0 Å². The summed E-state index contributed by atoms with van der Waals surface area (Å²) in [5, 5.41) is 6.93. The summed E-state index contributed by atoms with van der Waals surface area (Å²) >= 11 is 0. The second-order valence-electron chi connectivity index (χ2n) is 4.50. The molecule has 1 unspecified atom stereocenters. The Hall–Kier alpha value is -2.48. The molecule has 0 amide bonds. The van der Waals surface area contributed by atoms with Crippen LogP contribution in [0.1, 0.15) is 5.56 Å². The minimum absolute atomic E-state index is 0.0590. The fourth-order valence-corrected chi connectivity index (χ4v) is 1.82. The number of rotatable bonds is 6. The molecule has 0 aliphatic heterocycles. The highest BCUT2D eigenvalue weighted by atomic mass is 19.1. The summed E-state index contributed by atoms with van der Waals surface area (Å²) < 4.78 is 45.8. The van der Waals surface area contributed by atoms with Crippen LogP contribution in [-0.4, -0.2) is 28.8 Å². The number of aromatic nitrogens is 2. The van der Waals surface area contributed by atoms with Crippen LogP contribution in [0.2, 0.25) is 0 Å². The Balaban J connectivity index is 2.23. The largest absolute Gasteiger partial charge is 0.386 e. The summed E-state index contributed by atoms with van der Waals surface area (Å²) in [6, 6.07) is 1.86. The molecule has 2 rings (SSSR count). The summed E-state index contributed by atoms with van der Waals surface area (Å²) in [5.41, 5.74) is 5.39. The SMILES string of the molecule is N=C(N)COC(F)Cc1cc(-c2cncnc2)c(F)cc1F. The maximum Gasteiger partial charge on any atom is 0.203 e. The van der Waals surface area contributed by atoms with E-state index >= 15 is 0 Å². The van der Waals surface area contributed by atoms with Crippen molar-refractivity contribution in [2.24, 2.45) is 5.73 Å². The number of alkyl halides is 1. The van der Waals surface area contributed by atoms with Crippen LogP contribution in [0.5, 0.6) is 0 Å². The van der Waals surface area contributed by atoms with Crippen molar-refractivity contribution in [3.8, 4) is 11.1 Å². The number of halogens is 3. The molecule has 0 aliphatic rings. The van der Waals surface area contributed by atoms with Gasteiger partial charge in [0, 0.05) is 36.0 Å². The van der Waals surface area contributed by atoms with Crippen molar-refractivity contribution in [1.29, 1.82) is 5.41 Å². The first-order valence-electron chi connectivity index (χ1n) is 6.29. The minimum atomic E-state index is -1.86. The first-order chi connectivity index (χ1) is 10.5. The van der Waals surface area contributed by atoms with Crippen LogP contribution >= 0.6 is 0 Å². The molecule has 5 nitrogen and oxygen atoms in total. The van der Waals surface area contributed by atoms with Gasteiger partial charge in [0.1, 0.15) is 30.4 Å². The van der Waals surface area contributed by atoms with Crippen molar-refractivity contribution >= 4 is 5.84 Å². The van der Waals surface area contributed by atoms with Crippen LogP contribution in [0.3, 0.4) is 0 Å². The van der Waals surface area contributed by atoms with Gasteiger partial charge in [-0.1, -0.05) is 0 Å². The van der Waals surface area contributed by atoms with Gasteiger partial charge in [0.2, 0.25) is 6.36 Å². The summed E-state index contributed by atoms with van der Waals surface area (Å²) in [6.45, 7) is -0.399. The Labute approximate surface area is 124 Å². The average Bonchev–Trinajstić information content (AvgIpc) is 2.49. The summed E-state index contributed by atoms with van der Waals surface area (Å²) in [5.74, 6) is -2.02. The van der Waals surface area contributed by atoms with E-state index in [0.29, 0.717) is 11.6 Å². The molecule has 116 valence electrons. The van der Waals surface area contributed by atoms with Crippen LogP contribution in [0.4, 0.5) is 13.2 Å². The van der Waals surface area contributed by atoms with Crippen molar-refractivity contribution in [1.82, 2.24) is 9.97 Å². The third kappa shape index (κ3) is 4.01. The van der Waals surface area contributed by atoms with Crippen LogP contribution in [0, 0.1) is 17.0 Å². The highest BCUT2D eigenvalue weighted by molar-refractivity contribution is 5.78. The summed E-state index contributed by atoms with van der Waals surface area (Å²) in [7, 11) is 0. The molecule has 0 radical (unpaired) electrons. The van der Waals surface area contributed by atoms with Gasteiger partial charge >= 0.3 is 0 Å². The van der Waals surface area contributed by atoms with E-state index < -0.39 is 31.0 Å². The van der Waals surface area contributed by atoms with Crippen LogP contribution < -0.4 is 5.73 Å². The van der Waals surface area contributed by atoms with E-state index in [-0.39, 0.29) is 17.0 Å². The number of hydrogen-bond acceptors (Lipinski definition) is 4. The zero-order valence-corrected chi connectivity index (χ0v) is 11.4. The number of nitrogens with zero attached hydrogens (tertiary/aromatic N) is 2. The third-order valence-electron chi connectivity index (χ3n) is 2.81. The zero-order chi connectivity index (χ0) is 16.1. The van der Waals surface area contributed by atoms with Gasteiger partial charge in [-0.2, -0.15) is 0 Å². The van der Waals surface area contributed by atoms with Gasteiger partial charge in [0.15, 0.2) is 0 Å². The fraction of sp³-hybridized carbons (Fsp3) is 0.214. The standard InChI is InChI=1S/C14H13F3N4O/c15-11-3-12(16)10(9-4-20-7-21-5-9)1-8(11)2-13(17)22-6-14(18)19/h1,3-5,7,13H,2,6H2,(H3,18,19). The smallest absolute Gasteiger partial charge is 0.203 e. The lowest BCUT2D eigenvalue weighted by Crippen LogP contribution is -2.22. The topological polar surface area (TPSA) is 84.9 Å². The lowest BCUT2D eigenvalue weighted by atomic mass is 10.0. The molecule has 3 N–H and O–H groups in total. The average molecular weight is 310 g/mol. The number of hydrogen-bond donors (Lipinski definition) is 2. The number of benzene rings is 1. The van der Waals surface area contributed by atoms with E-state index in [1.807, 2.05) is 0 Å². The molecule has 1 heterocycles. The molecular formula is C14H13F3N4O. The fourth-order valence-electron chi connectivity index (χ4n) is 1.82. The second-order valence-corrected chi connectivity index (χ2v) is 4.50.